The Morgan fingerprint density at radius 2 is 1.73 bits per heavy atom. The maximum Gasteiger partial charge on any atom is 0.224 e. The molecule has 2 aromatic carbocycles. The minimum absolute atomic E-state index is 0.146. The van der Waals surface area contributed by atoms with E-state index in [2.05, 4.69) is 5.32 Å². The Hall–Kier alpha value is -1.85. The second-order valence-corrected chi connectivity index (χ2v) is 7.38. The van der Waals surface area contributed by atoms with Gasteiger partial charge in [0.05, 0.1) is 11.3 Å². The fourth-order valence-electron chi connectivity index (χ4n) is 1.94. The van der Waals surface area contributed by atoms with Gasteiger partial charge in [0, 0.05) is 17.8 Å². The van der Waals surface area contributed by atoms with Crippen LogP contribution < -0.4 is 5.32 Å². The van der Waals surface area contributed by atoms with Gasteiger partial charge in [0.15, 0.2) is 9.84 Å². The van der Waals surface area contributed by atoms with E-state index in [1.165, 1.54) is 12.1 Å². The van der Waals surface area contributed by atoms with Crippen LogP contribution in [0.5, 0.6) is 0 Å². The molecule has 0 spiro atoms. The van der Waals surface area contributed by atoms with Crippen molar-refractivity contribution in [3.05, 3.63) is 64.7 Å². The summed E-state index contributed by atoms with van der Waals surface area (Å²) < 4.78 is 22.7. The van der Waals surface area contributed by atoms with Gasteiger partial charge in [0.1, 0.15) is 0 Å². The number of rotatable bonds is 5. The number of sulfone groups is 1. The zero-order valence-corrected chi connectivity index (χ0v) is 13.6. The lowest BCUT2D eigenvalue weighted by atomic mass is 10.1. The van der Waals surface area contributed by atoms with Gasteiger partial charge in [-0.3, -0.25) is 4.79 Å². The first-order chi connectivity index (χ1) is 10.4. The lowest BCUT2D eigenvalue weighted by molar-refractivity contribution is -0.120. The summed E-state index contributed by atoms with van der Waals surface area (Å²) >= 11 is 6.02. The Kier molecular flexibility index (Phi) is 5.21. The zero-order valence-electron chi connectivity index (χ0n) is 12.0. The normalized spacial score (nSPS) is 11.2. The number of hydrogen-bond donors (Lipinski definition) is 1. The molecule has 0 aliphatic heterocycles. The number of nitrogens with one attached hydrogen (secondary N) is 1. The smallest absolute Gasteiger partial charge is 0.224 e. The van der Waals surface area contributed by atoms with E-state index >= 15 is 0 Å². The summed E-state index contributed by atoms with van der Waals surface area (Å²) in [6, 6.07) is 13.6. The fourth-order valence-corrected chi connectivity index (χ4v) is 2.77. The average Bonchev–Trinajstić information content (AvgIpc) is 2.46. The molecule has 2 rings (SSSR count). The van der Waals surface area contributed by atoms with Crippen LogP contribution in [-0.2, 0) is 27.6 Å². The molecule has 1 N–H and O–H groups in total. The van der Waals surface area contributed by atoms with Crippen LogP contribution in [0.3, 0.4) is 0 Å². The predicted octanol–water partition coefficient (Wildman–Crippen LogP) is 2.60. The lowest BCUT2D eigenvalue weighted by Gasteiger charge is -2.07. The van der Waals surface area contributed by atoms with E-state index in [0.29, 0.717) is 11.6 Å². The summed E-state index contributed by atoms with van der Waals surface area (Å²) in [4.78, 5) is 12.1. The van der Waals surface area contributed by atoms with Gasteiger partial charge in [0.25, 0.3) is 0 Å². The highest BCUT2D eigenvalue weighted by Crippen LogP contribution is 2.14. The van der Waals surface area contributed by atoms with E-state index in [1.54, 1.807) is 18.2 Å². The minimum atomic E-state index is -3.21. The molecule has 0 fully saturated rings. The van der Waals surface area contributed by atoms with Crippen molar-refractivity contribution in [1.82, 2.24) is 5.32 Å². The monoisotopic (exact) mass is 337 g/mol. The molecule has 0 radical (unpaired) electrons. The SMILES string of the molecule is CS(=O)(=O)c1ccc(CC(=O)NCc2ccccc2Cl)cc1. The quantitative estimate of drug-likeness (QED) is 0.912. The molecule has 0 heterocycles. The highest BCUT2D eigenvalue weighted by Gasteiger charge is 2.08. The summed E-state index contributed by atoms with van der Waals surface area (Å²) in [5, 5.41) is 3.40. The van der Waals surface area contributed by atoms with Crippen LogP contribution in [0.25, 0.3) is 0 Å². The Morgan fingerprint density at radius 1 is 1.09 bits per heavy atom. The van der Waals surface area contributed by atoms with Crippen LogP contribution in [-0.4, -0.2) is 20.6 Å². The Morgan fingerprint density at radius 3 is 2.32 bits per heavy atom. The summed E-state index contributed by atoms with van der Waals surface area (Å²) in [6.07, 6.45) is 1.34. The number of carbonyl (C=O) groups excluding carboxylic acids is 1. The van der Waals surface area contributed by atoms with Gasteiger partial charge in [-0.2, -0.15) is 0 Å². The Bertz CT molecular complexity index is 770. The maximum absolute atomic E-state index is 11.9. The van der Waals surface area contributed by atoms with E-state index in [1.807, 2.05) is 18.2 Å². The largest absolute Gasteiger partial charge is 0.352 e. The molecule has 6 heteroatoms. The van der Waals surface area contributed by atoms with Crippen molar-refractivity contribution in [3.63, 3.8) is 0 Å². The molecule has 0 aliphatic rings. The van der Waals surface area contributed by atoms with E-state index < -0.39 is 9.84 Å². The summed E-state index contributed by atoms with van der Waals surface area (Å²) in [6.45, 7) is 0.361. The fraction of sp³-hybridized carbons (Fsp3) is 0.188. The standard InChI is InChI=1S/C16H16ClNO3S/c1-22(20,21)14-8-6-12(7-9-14)10-16(19)18-11-13-4-2-3-5-15(13)17/h2-9H,10-11H2,1H3,(H,18,19). The van der Waals surface area contributed by atoms with Crippen LogP contribution in [0.15, 0.2) is 53.4 Å². The number of amides is 1. The van der Waals surface area contributed by atoms with E-state index in [0.717, 1.165) is 17.4 Å². The second kappa shape index (κ2) is 6.94. The average molecular weight is 338 g/mol. The number of carbonyl (C=O) groups is 1. The molecule has 0 atom stereocenters. The molecule has 0 unspecified atom stereocenters. The van der Waals surface area contributed by atoms with Gasteiger partial charge in [-0.25, -0.2) is 8.42 Å². The second-order valence-electron chi connectivity index (χ2n) is 4.96. The van der Waals surface area contributed by atoms with Gasteiger partial charge in [-0.05, 0) is 29.3 Å². The number of hydrogen-bond acceptors (Lipinski definition) is 3. The third-order valence-corrected chi connectivity index (χ3v) is 4.65. The van der Waals surface area contributed by atoms with Crippen molar-refractivity contribution < 1.29 is 13.2 Å². The molecule has 4 nitrogen and oxygen atoms in total. The Balaban J connectivity index is 1.94. The third-order valence-electron chi connectivity index (χ3n) is 3.15. The molecule has 116 valence electrons. The zero-order chi connectivity index (χ0) is 16.2. The molecule has 0 saturated carbocycles. The molecule has 0 aliphatic carbocycles. The van der Waals surface area contributed by atoms with Crippen LogP contribution in [0.2, 0.25) is 5.02 Å². The van der Waals surface area contributed by atoms with Gasteiger partial charge in [0.2, 0.25) is 5.91 Å². The van der Waals surface area contributed by atoms with Crippen molar-refractivity contribution in [1.29, 1.82) is 0 Å². The van der Waals surface area contributed by atoms with Crippen molar-refractivity contribution in [2.24, 2.45) is 0 Å². The first kappa shape index (κ1) is 16.5. The molecule has 2 aromatic rings. The van der Waals surface area contributed by atoms with Crippen molar-refractivity contribution in [2.75, 3.05) is 6.26 Å². The van der Waals surface area contributed by atoms with Crippen molar-refractivity contribution >= 4 is 27.3 Å². The highest BCUT2D eigenvalue weighted by atomic mass is 35.5. The van der Waals surface area contributed by atoms with Gasteiger partial charge < -0.3 is 5.32 Å². The molecular formula is C16H16ClNO3S. The van der Waals surface area contributed by atoms with Gasteiger partial charge in [-0.15, -0.1) is 0 Å². The first-order valence-corrected chi connectivity index (χ1v) is 8.92. The summed E-state index contributed by atoms with van der Waals surface area (Å²) in [7, 11) is -3.21. The molecule has 22 heavy (non-hydrogen) atoms. The maximum atomic E-state index is 11.9. The third kappa shape index (κ3) is 4.58. The van der Waals surface area contributed by atoms with E-state index in [-0.39, 0.29) is 17.2 Å². The van der Waals surface area contributed by atoms with Crippen LogP contribution in [0.4, 0.5) is 0 Å². The van der Waals surface area contributed by atoms with Crippen LogP contribution in [0.1, 0.15) is 11.1 Å². The molecule has 0 saturated heterocycles. The summed E-state index contributed by atoms with van der Waals surface area (Å²) in [5.41, 5.74) is 1.61. The van der Waals surface area contributed by atoms with E-state index in [4.69, 9.17) is 11.6 Å². The molecule has 0 bridgehead atoms. The molecule has 1 amide bonds. The predicted molar refractivity (Wildman–Crippen MR) is 86.6 cm³/mol. The highest BCUT2D eigenvalue weighted by molar-refractivity contribution is 7.90. The van der Waals surface area contributed by atoms with E-state index in [9.17, 15) is 13.2 Å². The van der Waals surface area contributed by atoms with Gasteiger partial charge >= 0.3 is 0 Å². The van der Waals surface area contributed by atoms with Crippen molar-refractivity contribution in [3.8, 4) is 0 Å². The summed E-state index contributed by atoms with van der Waals surface area (Å²) in [5.74, 6) is -0.146. The molecular weight excluding hydrogens is 322 g/mol. The number of halogens is 1. The van der Waals surface area contributed by atoms with Crippen LogP contribution >= 0.6 is 11.6 Å². The van der Waals surface area contributed by atoms with Crippen molar-refractivity contribution in [2.45, 2.75) is 17.9 Å². The molecule has 0 aromatic heterocycles. The topological polar surface area (TPSA) is 63.2 Å². The Labute approximate surface area is 135 Å². The lowest BCUT2D eigenvalue weighted by Crippen LogP contribution is -2.24. The minimum Gasteiger partial charge on any atom is -0.352 e. The van der Waals surface area contributed by atoms with Crippen LogP contribution in [0, 0.1) is 0 Å². The van der Waals surface area contributed by atoms with Gasteiger partial charge in [-0.1, -0.05) is 41.9 Å². The number of benzene rings is 2. The first-order valence-electron chi connectivity index (χ1n) is 6.65.